The molecule has 0 aliphatic rings. The number of pyridine rings is 1. The van der Waals surface area contributed by atoms with E-state index in [0.29, 0.717) is 27.7 Å². The van der Waals surface area contributed by atoms with Gasteiger partial charge in [-0.15, -0.1) is 0 Å². The Balaban J connectivity index is 1.90. The average molecular weight is 345 g/mol. The van der Waals surface area contributed by atoms with Crippen molar-refractivity contribution < 1.29 is 18.0 Å². The first kappa shape index (κ1) is 16.8. The van der Waals surface area contributed by atoms with E-state index in [1.54, 1.807) is 30.3 Å². The van der Waals surface area contributed by atoms with Crippen molar-refractivity contribution in [3.8, 4) is 0 Å². The summed E-state index contributed by atoms with van der Waals surface area (Å²) in [6.07, 6.45) is -2.86. The number of benzene rings is 2. The molecule has 3 N–H and O–H groups in total. The summed E-state index contributed by atoms with van der Waals surface area (Å²) in [5.74, 6) is -0.590. The van der Waals surface area contributed by atoms with Crippen molar-refractivity contribution in [2.24, 2.45) is 5.73 Å². The number of rotatable bonds is 4. The highest BCUT2D eigenvalue weighted by Crippen LogP contribution is 2.30. The zero-order valence-corrected chi connectivity index (χ0v) is 13.0. The smallest absolute Gasteiger partial charge is 0.380 e. The van der Waals surface area contributed by atoms with Gasteiger partial charge in [0.2, 0.25) is 0 Å². The van der Waals surface area contributed by atoms with Crippen molar-refractivity contribution in [1.82, 2.24) is 4.98 Å². The Hall–Kier alpha value is -3.09. The molecule has 0 unspecified atom stereocenters. The molecule has 0 aliphatic carbocycles. The molecule has 1 amide bonds. The second-order valence-corrected chi connectivity index (χ2v) is 5.48. The number of hydrogen-bond acceptors (Lipinski definition) is 3. The summed E-state index contributed by atoms with van der Waals surface area (Å²) in [4.78, 5) is 15.7. The molecule has 0 aliphatic heterocycles. The summed E-state index contributed by atoms with van der Waals surface area (Å²) in [6.45, 7) is 0.198. The predicted octanol–water partition coefficient (Wildman–Crippen LogP) is 3.96. The van der Waals surface area contributed by atoms with Crippen LogP contribution in [0.15, 0.2) is 54.7 Å². The predicted molar refractivity (Wildman–Crippen MR) is 89.0 cm³/mol. The number of halogens is 3. The molecule has 0 bridgehead atoms. The van der Waals surface area contributed by atoms with Crippen molar-refractivity contribution in [2.45, 2.75) is 12.7 Å². The molecule has 128 valence electrons. The number of aromatic nitrogens is 1. The molecule has 0 saturated heterocycles. The standard InChI is InChI=1S/C18H14F3N3O/c19-18(20,21)12-4-1-3-11(9-12)10-24-15-7-8-23-16-13(15)5-2-6-14(16)17(22)25/h1-9H,10H2,(H2,22,25)(H,23,24). The van der Waals surface area contributed by atoms with Gasteiger partial charge >= 0.3 is 6.18 Å². The van der Waals surface area contributed by atoms with Gasteiger partial charge in [0.05, 0.1) is 16.6 Å². The number of primary amides is 1. The van der Waals surface area contributed by atoms with E-state index < -0.39 is 17.6 Å². The second kappa shape index (κ2) is 6.43. The number of fused-ring (bicyclic) bond motifs is 1. The fraction of sp³-hybridized carbons (Fsp3) is 0.111. The van der Waals surface area contributed by atoms with Crippen LogP contribution >= 0.6 is 0 Å². The lowest BCUT2D eigenvalue weighted by molar-refractivity contribution is -0.137. The Morgan fingerprint density at radius 1 is 1.12 bits per heavy atom. The van der Waals surface area contributed by atoms with Gasteiger partial charge in [-0.25, -0.2) is 0 Å². The number of amides is 1. The van der Waals surface area contributed by atoms with Crippen molar-refractivity contribution in [3.05, 3.63) is 71.4 Å². The number of nitrogens with one attached hydrogen (secondary N) is 1. The zero-order chi connectivity index (χ0) is 18.0. The van der Waals surface area contributed by atoms with Crippen LogP contribution in [0.2, 0.25) is 0 Å². The molecule has 0 saturated carbocycles. The van der Waals surface area contributed by atoms with Crippen LogP contribution in [0.1, 0.15) is 21.5 Å². The Morgan fingerprint density at radius 2 is 1.88 bits per heavy atom. The maximum atomic E-state index is 12.8. The molecule has 25 heavy (non-hydrogen) atoms. The van der Waals surface area contributed by atoms with Gasteiger partial charge in [0.25, 0.3) is 5.91 Å². The third-order valence-corrected chi connectivity index (χ3v) is 3.77. The van der Waals surface area contributed by atoms with E-state index in [1.165, 1.54) is 12.3 Å². The van der Waals surface area contributed by atoms with E-state index in [9.17, 15) is 18.0 Å². The lowest BCUT2D eigenvalue weighted by atomic mass is 10.1. The normalized spacial score (nSPS) is 11.5. The summed E-state index contributed by atoms with van der Waals surface area (Å²) in [5.41, 5.74) is 6.54. The summed E-state index contributed by atoms with van der Waals surface area (Å²) in [7, 11) is 0. The molecule has 0 fully saturated rings. The minimum absolute atomic E-state index is 0.198. The molecule has 2 aromatic carbocycles. The van der Waals surface area contributed by atoms with Gasteiger partial charge in [-0.1, -0.05) is 24.3 Å². The van der Waals surface area contributed by atoms with Gasteiger partial charge in [-0.3, -0.25) is 9.78 Å². The van der Waals surface area contributed by atoms with Gasteiger partial charge in [0, 0.05) is 23.8 Å². The molecular weight excluding hydrogens is 331 g/mol. The Morgan fingerprint density at radius 3 is 2.60 bits per heavy atom. The maximum absolute atomic E-state index is 12.8. The Labute approximate surface area is 141 Å². The molecular formula is C18H14F3N3O. The maximum Gasteiger partial charge on any atom is 0.416 e. The number of para-hydroxylation sites is 1. The Kier molecular flexibility index (Phi) is 4.31. The number of nitrogens with zero attached hydrogens (tertiary/aromatic N) is 1. The minimum atomic E-state index is -4.38. The van der Waals surface area contributed by atoms with E-state index >= 15 is 0 Å². The second-order valence-electron chi connectivity index (χ2n) is 5.48. The topological polar surface area (TPSA) is 68.0 Å². The fourth-order valence-corrected chi connectivity index (χ4v) is 2.58. The highest BCUT2D eigenvalue weighted by atomic mass is 19.4. The van der Waals surface area contributed by atoms with Gasteiger partial charge in [0.1, 0.15) is 0 Å². The SMILES string of the molecule is NC(=O)c1cccc2c(NCc3cccc(C(F)(F)F)c3)ccnc12. The molecule has 0 radical (unpaired) electrons. The van der Waals surface area contributed by atoms with E-state index in [1.807, 2.05) is 0 Å². The highest BCUT2D eigenvalue weighted by Gasteiger charge is 2.30. The van der Waals surface area contributed by atoms with E-state index in [-0.39, 0.29) is 6.54 Å². The van der Waals surface area contributed by atoms with Gasteiger partial charge < -0.3 is 11.1 Å². The Bertz CT molecular complexity index is 938. The molecule has 7 heteroatoms. The van der Waals surface area contributed by atoms with Crippen molar-refractivity contribution in [3.63, 3.8) is 0 Å². The van der Waals surface area contributed by atoms with Crippen LogP contribution in [-0.2, 0) is 12.7 Å². The largest absolute Gasteiger partial charge is 0.416 e. The van der Waals surface area contributed by atoms with E-state index in [4.69, 9.17) is 5.73 Å². The van der Waals surface area contributed by atoms with Gasteiger partial charge in [0.15, 0.2) is 0 Å². The summed E-state index contributed by atoms with van der Waals surface area (Å²) >= 11 is 0. The summed E-state index contributed by atoms with van der Waals surface area (Å²) in [5, 5.41) is 3.76. The van der Waals surface area contributed by atoms with Crippen LogP contribution in [0.5, 0.6) is 0 Å². The number of carbonyl (C=O) groups excluding carboxylic acids is 1. The molecule has 1 heterocycles. The van der Waals surface area contributed by atoms with Crippen LogP contribution < -0.4 is 11.1 Å². The number of alkyl halides is 3. The quantitative estimate of drug-likeness (QED) is 0.752. The summed E-state index contributed by atoms with van der Waals surface area (Å²) < 4.78 is 38.4. The monoisotopic (exact) mass is 345 g/mol. The third kappa shape index (κ3) is 3.55. The van der Waals surface area contributed by atoms with Crippen molar-refractivity contribution in [1.29, 1.82) is 0 Å². The lowest BCUT2D eigenvalue weighted by Crippen LogP contribution is -2.12. The number of anilines is 1. The first-order valence-corrected chi connectivity index (χ1v) is 7.44. The average Bonchev–Trinajstić information content (AvgIpc) is 2.58. The minimum Gasteiger partial charge on any atom is -0.380 e. The fourth-order valence-electron chi connectivity index (χ4n) is 2.58. The van der Waals surface area contributed by atoms with Crippen molar-refractivity contribution in [2.75, 3.05) is 5.32 Å². The molecule has 0 atom stereocenters. The highest BCUT2D eigenvalue weighted by molar-refractivity contribution is 6.07. The van der Waals surface area contributed by atoms with Crippen molar-refractivity contribution >= 4 is 22.5 Å². The van der Waals surface area contributed by atoms with Crippen LogP contribution in [-0.4, -0.2) is 10.9 Å². The summed E-state index contributed by atoms with van der Waals surface area (Å²) in [6, 6.07) is 11.8. The lowest BCUT2D eigenvalue weighted by Gasteiger charge is -2.12. The van der Waals surface area contributed by atoms with Crippen LogP contribution in [0, 0.1) is 0 Å². The molecule has 4 nitrogen and oxygen atoms in total. The van der Waals surface area contributed by atoms with Crippen LogP contribution in [0.3, 0.4) is 0 Å². The first-order valence-electron chi connectivity index (χ1n) is 7.44. The first-order chi connectivity index (χ1) is 11.9. The number of nitrogens with two attached hydrogens (primary N) is 1. The van der Waals surface area contributed by atoms with Crippen LogP contribution in [0.25, 0.3) is 10.9 Å². The van der Waals surface area contributed by atoms with E-state index in [0.717, 1.165) is 12.1 Å². The van der Waals surface area contributed by atoms with Gasteiger partial charge in [-0.05, 0) is 29.8 Å². The third-order valence-electron chi connectivity index (χ3n) is 3.77. The molecule has 3 aromatic rings. The molecule has 1 aromatic heterocycles. The van der Waals surface area contributed by atoms with Gasteiger partial charge in [-0.2, -0.15) is 13.2 Å². The number of hydrogen-bond donors (Lipinski definition) is 2. The molecule has 3 rings (SSSR count). The van der Waals surface area contributed by atoms with E-state index in [2.05, 4.69) is 10.3 Å². The zero-order valence-electron chi connectivity index (χ0n) is 13.0. The molecule has 0 spiro atoms. The number of carbonyl (C=O) groups is 1. The van der Waals surface area contributed by atoms with Crippen LogP contribution in [0.4, 0.5) is 18.9 Å².